The number of nitrogens with zero attached hydrogens (tertiary/aromatic N) is 4. The molecule has 1 fully saturated rings. The number of hydrogen-bond donors (Lipinski definition) is 0. The lowest BCUT2D eigenvalue weighted by molar-refractivity contribution is -0.128. The highest BCUT2D eigenvalue weighted by atomic mass is 16.2. The lowest BCUT2D eigenvalue weighted by Crippen LogP contribution is -2.34. The highest BCUT2D eigenvalue weighted by molar-refractivity contribution is 5.73. The van der Waals surface area contributed by atoms with Gasteiger partial charge in [-0.25, -0.2) is 9.97 Å². The van der Waals surface area contributed by atoms with E-state index in [0.717, 1.165) is 49.9 Å². The summed E-state index contributed by atoms with van der Waals surface area (Å²) >= 11 is 0. The first-order valence-electron chi connectivity index (χ1n) is 6.39. The Hall–Kier alpha value is -1.65. The summed E-state index contributed by atoms with van der Waals surface area (Å²) in [5.41, 5.74) is 1.98. The van der Waals surface area contributed by atoms with Crippen molar-refractivity contribution in [2.45, 2.75) is 27.2 Å². The van der Waals surface area contributed by atoms with Gasteiger partial charge in [0.2, 0.25) is 11.9 Å². The maximum absolute atomic E-state index is 11.4. The molecule has 1 aliphatic rings. The van der Waals surface area contributed by atoms with Gasteiger partial charge in [-0.05, 0) is 26.3 Å². The normalized spacial score (nSPS) is 16.6. The number of hydrogen-bond acceptors (Lipinski definition) is 4. The second kappa shape index (κ2) is 5.33. The molecule has 1 saturated heterocycles. The van der Waals surface area contributed by atoms with Crippen LogP contribution in [0.2, 0.25) is 0 Å². The van der Waals surface area contributed by atoms with Crippen molar-refractivity contribution >= 4 is 11.9 Å². The summed E-state index contributed by atoms with van der Waals surface area (Å²) in [5.74, 6) is 0.941. The molecule has 98 valence electrons. The van der Waals surface area contributed by atoms with Crippen LogP contribution >= 0.6 is 0 Å². The van der Waals surface area contributed by atoms with Crippen molar-refractivity contribution in [1.82, 2.24) is 14.9 Å². The molecule has 1 aliphatic heterocycles. The summed E-state index contributed by atoms with van der Waals surface area (Å²) in [6.45, 7) is 8.90. The fourth-order valence-corrected chi connectivity index (χ4v) is 2.28. The van der Waals surface area contributed by atoms with Crippen molar-refractivity contribution in [1.29, 1.82) is 0 Å². The largest absolute Gasteiger partial charge is 0.341 e. The number of carbonyl (C=O) groups is 1. The summed E-state index contributed by atoms with van der Waals surface area (Å²) < 4.78 is 0. The Bertz CT molecular complexity index is 426. The second-order valence-corrected chi connectivity index (χ2v) is 4.80. The van der Waals surface area contributed by atoms with Gasteiger partial charge in [0.15, 0.2) is 0 Å². The molecule has 0 aromatic carbocycles. The van der Waals surface area contributed by atoms with Crippen LogP contribution in [0.3, 0.4) is 0 Å². The molecular weight excluding hydrogens is 228 g/mol. The van der Waals surface area contributed by atoms with Gasteiger partial charge >= 0.3 is 0 Å². The Morgan fingerprint density at radius 1 is 1.11 bits per heavy atom. The third kappa shape index (κ3) is 2.97. The van der Waals surface area contributed by atoms with E-state index in [1.165, 1.54) is 0 Å². The lowest BCUT2D eigenvalue weighted by Gasteiger charge is -2.21. The number of carbonyl (C=O) groups excluding carboxylic acids is 1. The fourth-order valence-electron chi connectivity index (χ4n) is 2.28. The molecule has 1 aromatic heterocycles. The topological polar surface area (TPSA) is 49.3 Å². The Balaban J connectivity index is 2.12. The van der Waals surface area contributed by atoms with Crippen molar-refractivity contribution in [3.63, 3.8) is 0 Å². The minimum absolute atomic E-state index is 0.151. The molecule has 2 heterocycles. The van der Waals surface area contributed by atoms with Gasteiger partial charge in [-0.1, -0.05) is 0 Å². The molecule has 0 N–H and O–H groups in total. The summed E-state index contributed by atoms with van der Waals surface area (Å²) in [7, 11) is 0. The predicted octanol–water partition coefficient (Wildman–Crippen LogP) is 1.15. The molecule has 2 rings (SSSR count). The van der Waals surface area contributed by atoms with Gasteiger partial charge < -0.3 is 9.80 Å². The maximum Gasteiger partial charge on any atom is 0.225 e. The summed E-state index contributed by atoms with van der Waals surface area (Å²) in [5, 5.41) is 0. The van der Waals surface area contributed by atoms with Crippen LogP contribution in [-0.4, -0.2) is 47.0 Å². The molecule has 0 unspecified atom stereocenters. The standard InChI is InChI=1S/C13H20N4O/c1-10-9-11(2)15-13(14-10)17-6-4-5-16(7-8-17)12(3)18/h9H,4-8H2,1-3H3. The summed E-state index contributed by atoms with van der Waals surface area (Å²) in [6, 6.07) is 1.98. The van der Waals surface area contributed by atoms with E-state index in [0.29, 0.717) is 0 Å². The minimum atomic E-state index is 0.151. The van der Waals surface area contributed by atoms with E-state index in [1.54, 1.807) is 6.92 Å². The average Bonchev–Trinajstić information content (AvgIpc) is 2.52. The molecule has 1 aromatic rings. The number of aromatic nitrogens is 2. The Morgan fingerprint density at radius 3 is 2.39 bits per heavy atom. The molecule has 0 aliphatic carbocycles. The van der Waals surface area contributed by atoms with E-state index in [4.69, 9.17) is 0 Å². The van der Waals surface area contributed by atoms with E-state index in [2.05, 4.69) is 14.9 Å². The van der Waals surface area contributed by atoms with Gasteiger partial charge in [0.1, 0.15) is 0 Å². The minimum Gasteiger partial charge on any atom is -0.341 e. The number of amides is 1. The van der Waals surface area contributed by atoms with E-state index >= 15 is 0 Å². The molecule has 0 saturated carbocycles. The van der Waals surface area contributed by atoms with E-state index in [1.807, 2.05) is 24.8 Å². The molecule has 18 heavy (non-hydrogen) atoms. The fraction of sp³-hybridized carbons (Fsp3) is 0.615. The predicted molar refractivity (Wildman–Crippen MR) is 70.6 cm³/mol. The maximum atomic E-state index is 11.4. The van der Waals surface area contributed by atoms with Crippen LogP contribution in [0.5, 0.6) is 0 Å². The van der Waals surface area contributed by atoms with Crippen LogP contribution in [0.4, 0.5) is 5.95 Å². The Morgan fingerprint density at radius 2 is 1.78 bits per heavy atom. The zero-order valence-electron chi connectivity index (χ0n) is 11.3. The van der Waals surface area contributed by atoms with E-state index in [-0.39, 0.29) is 5.91 Å². The number of anilines is 1. The van der Waals surface area contributed by atoms with Crippen LogP contribution < -0.4 is 4.90 Å². The first kappa shape index (κ1) is 12.8. The summed E-state index contributed by atoms with van der Waals surface area (Å²) in [4.78, 5) is 24.4. The van der Waals surface area contributed by atoms with Crippen LogP contribution in [-0.2, 0) is 4.79 Å². The van der Waals surface area contributed by atoms with Crippen LogP contribution in [0.15, 0.2) is 6.07 Å². The van der Waals surface area contributed by atoms with Crippen molar-refractivity contribution in [3.05, 3.63) is 17.5 Å². The molecule has 0 atom stereocenters. The molecule has 5 nitrogen and oxygen atoms in total. The van der Waals surface area contributed by atoms with Gasteiger partial charge in [0.05, 0.1) is 0 Å². The van der Waals surface area contributed by atoms with Crippen molar-refractivity contribution in [2.24, 2.45) is 0 Å². The van der Waals surface area contributed by atoms with Crippen molar-refractivity contribution < 1.29 is 4.79 Å². The molecule has 5 heteroatoms. The monoisotopic (exact) mass is 248 g/mol. The smallest absolute Gasteiger partial charge is 0.225 e. The van der Waals surface area contributed by atoms with Crippen molar-refractivity contribution in [2.75, 3.05) is 31.1 Å². The molecule has 0 radical (unpaired) electrons. The average molecular weight is 248 g/mol. The van der Waals surface area contributed by atoms with Gasteiger partial charge in [0, 0.05) is 44.5 Å². The zero-order chi connectivity index (χ0) is 13.1. The molecular formula is C13H20N4O. The van der Waals surface area contributed by atoms with Gasteiger partial charge in [-0.15, -0.1) is 0 Å². The molecule has 0 spiro atoms. The van der Waals surface area contributed by atoms with Crippen molar-refractivity contribution in [3.8, 4) is 0 Å². The lowest BCUT2D eigenvalue weighted by atomic mass is 10.3. The highest BCUT2D eigenvalue weighted by Crippen LogP contribution is 2.13. The molecule has 0 bridgehead atoms. The van der Waals surface area contributed by atoms with Crippen LogP contribution in [0.1, 0.15) is 24.7 Å². The third-order valence-corrected chi connectivity index (χ3v) is 3.19. The van der Waals surface area contributed by atoms with Gasteiger partial charge in [-0.3, -0.25) is 4.79 Å². The van der Waals surface area contributed by atoms with E-state index < -0.39 is 0 Å². The zero-order valence-corrected chi connectivity index (χ0v) is 11.3. The van der Waals surface area contributed by atoms with Crippen LogP contribution in [0.25, 0.3) is 0 Å². The summed E-state index contributed by atoms with van der Waals surface area (Å²) in [6.07, 6.45) is 0.968. The van der Waals surface area contributed by atoms with Gasteiger partial charge in [-0.2, -0.15) is 0 Å². The highest BCUT2D eigenvalue weighted by Gasteiger charge is 2.18. The number of rotatable bonds is 1. The Kier molecular flexibility index (Phi) is 3.79. The first-order valence-corrected chi connectivity index (χ1v) is 6.39. The Labute approximate surface area is 108 Å². The first-order chi connectivity index (χ1) is 8.56. The molecule has 1 amide bonds. The quantitative estimate of drug-likeness (QED) is 0.748. The van der Waals surface area contributed by atoms with Gasteiger partial charge in [0.25, 0.3) is 0 Å². The number of aryl methyl sites for hydroxylation is 2. The van der Waals surface area contributed by atoms with E-state index in [9.17, 15) is 4.79 Å². The third-order valence-electron chi connectivity index (χ3n) is 3.19. The second-order valence-electron chi connectivity index (χ2n) is 4.80. The SMILES string of the molecule is CC(=O)N1CCCN(c2nc(C)cc(C)n2)CC1. The van der Waals surface area contributed by atoms with Crippen LogP contribution in [0, 0.1) is 13.8 Å².